The monoisotopic (exact) mass is 280 g/mol. The van der Waals surface area contributed by atoms with E-state index in [1.54, 1.807) is 19.2 Å². The highest BCUT2D eigenvalue weighted by Crippen LogP contribution is 2.16. The van der Waals surface area contributed by atoms with Gasteiger partial charge in [-0.2, -0.15) is 0 Å². The topological polar surface area (TPSA) is 34.0 Å². The van der Waals surface area contributed by atoms with Gasteiger partial charge in [0.1, 0.15) is 11.5 Å². The maximum atomic E-state index is 13.5. The molecule has 5 heteroatoms. The predicted octanol–water partition coefficient (Wildman–Crippen LogP) is 3.10. The summed E-state index contributed by atoms with van der Waals surface area (Å²) in [6, 6.07) is 7.87. The fourth-order valence-electron chi connectivity index (χ4n) is 1.73. The second-order valence-corrected chi connectivity index (χ2v) is 4.78. The van der Waals surface area contributed by atoms with Gasteiger partial charge < -0.3 is 9.88 Å². The number of benzene rings is 1. The van der Waals surface area contributed by atoms with Crippen molar-refractivity contribution >= 4 is 17.3 Å². The van der Waals surface area contributed by atoms with Crippen molar-refractivity contribution in [1.82, 2.24) is 4.57 Å². The Bertz CT molecular complexity index is 667. The molecule has 0 aliphatic heterocycles. The van der Waals surface area contributed by atoms with Gasteiger partial charge in [0.2, 0.25) is 0 Å². The fraction of sp³-hybridized carbons (Fsp3) is 0.214. The first-order valence-electron chi connectivity index (χ1n) is 5.83. The number of hydrogen-bond acceptors (Lipinski definition) is 2. The molecule has 0 radical (unpaired) electrons. The number of halogens is 2. The first-order chi connectivity index (χ1) is 8.99. The average molecular weight is 281 g/mol. The molecule has 0 saturated carbocycles. The normalized spacial score (nSPS) is 10.5. The number of aryl methyl sites for hydroxylation is 1. The van der Waals surface area contributed by atoms with Gasteiger partial charge in [0.15, 0.2) is 0 Å². The Morgan fingerprint density at radius 1 is 1.32 bits per heavy atom. The summed E-state index contributed by atoms with van der Waals surface area (Å²) in [6.07, 6.45) is 0. The summed E-state index contributed by atoms with van der Waals surface area (Å²) in [5, 5.41) is 3.40. The molecule has 100 valence electrons. The molecule has 2 aromatic rings. The molecule has 3 nitrogen and oxygen atoms in total. The van der Waals surface area contributed by atoms with Crippen LogP contribution >= 0.6 is 11.6 Å². The number of aromatic nitrogens is 1. The molecule has 1 N–H and O–H groups in total. The quantitative estimate of drug-likeness (QED) is 0.937. The summed E-state index contributed by atoms with van der Waals surface area (Å²) in [4.78, 5) is 11.9. The lowest BCUT2D eigenvalue weighted by molar-refractivity contribution is 0.613. The minimum Gasteiger partial charge on any atom is -0.376 e. The molecule has 0 aliphatic carbocycles. The van der Waals surface area contributed by atoms with Crippen LogP contribution in [0.3, 0.4) is 0 Å². The first-order valence-corrected chi connectivity index (χ1v) is 6.21. The van der Waals surface area contributed by atoms with Crippen LogP contribution in [0.1, 0.15) is 11.3 Å². The maximum absolute atomic E-state index is 13.5. The molecule has 19 heavy (non-hydrogen) atoms. The van der Waals surface area contributed by atoms with Crippen molar-refractivity contribution in [3.8, 4) is 0 Å². The average Bonchev–Trinajstić information content (AvgIpc) is 2.39. The standard InChI is InChI=1S/C14H14ClFN2O/c1-9-3-6-13(14(19)18(9)2)17-8-10-7-11(15)4-5-12(10)16/h3-7,17H,8H2,1-2H3. The third-order valence-electron chi connectivity index (χ3n) is 3.03. The second kappa shape index (κ2) is 5.45. The van der Waals surface area contributed by atoms with Crippen molar-refractivity contribution < 1.29 is 4.39 Å². The summed E-state index contributed by atoms with van der Waals surface area (Å²) in [5.74, 6) is -0.346. The van der Waals surface area contributed by atoms with E-state index in [9.17, 15) is 9.18 Å². The van der Waals surface area contributed by atoms with Crippen molar-refractivity contribution in [2.75, 3.05) is 5.32 Å². The van der Waals surface area contributed by atoms with Crippen molar-refractivity contribution in [2.45, 2.75) is 13.5 Å². The lowest BCUT2D eigenvalue weighted by Crippen LogP contribution is -2.22. The molecule has 1 heterocycles. The van der Waals surface area contributed by atoms with E-state index >= 15 is 0 Å². The van der Waals surface area contributed by atoms with Crippen LogP contribution in [-0.4, -0.2) is 4.57 Å². The molecule has 0 spiro atoms. The van der Waals surface area contributed by atoms with Crippen molar-refractivity contribution in [3.05, 3.63) is 62.8 Å². The highest BCUT2D eigenvalue weighted by atomic mass is 35.5. The molecule has 0 fully saturated rings. The summed E-state index contributed by atoms with van der Waals surface area (Å²) in [7, 11) is 1.70. The Labute approximate surface area is 115 Å². The second-order valence-electron chi connectivity index (χ2n) is 4.34. The smallest absolute Gasteiger partial charge is 0.273 e. The molecular weight excluding hydrogens is 267 g/mol. The van der Waals surface area contributed by atoms with E-state index in [0.717, 1.165) is 5.69 Å². The summed E-state index contributed by atoms with van der Waals surface area (Å²) in [5.41, 5.74) is 1.59. The predicted molar refractivity (Wildman–Crippen MR) is 75.2 cm³/mol. The van der Waals surface area contributed by atoms with E-state index in [2.05, 4.69) is 5.32 Å². The Morgan fingerprint density at radius 2 is 2.05 bits per heavy atom. The molecule has 0 aliphatic rings. The molecule has 0 amide bonds. The number of hydrogen-bond donors (Lipinski definition) is 1. The van der Waals surface area contributed by atoms with Gasteiger partial charge in [0.25, 0.3) is 5.56 Å². The van der Waals surface area contributed by atoms with Crippen molar-refractivity contribution in [3.63, 3.8) is 0 Å². The Kier molecular flexibility index (Phi) is 3.90. The van der Waals surface area contributed by atoms with Crippen LogP contribution in [0.25, 0.3) is 0 Å². The fourth-order valence-corrected chi connectivity index (χ4v) is 1.93. The maximum Gasteiger partial charge on any atom is 0.273 e. The number of nitrogens with zero attached hydrogens (tertiary/aromatic N) is 1. The van der Waals surface area contributed by atoms with Gasteiger partial charge in [-0.3, -0.25) is 4.79 Å². The highest BCUT2D eigenvalue weighted by Gasteiger charge is 2.06. The van der Waals surface area contributed by atoms with Crippen LogP contribution in [0.4, 0.5) is 10.1 Å². The van der Waals surface area contributed by atoms with Crippen LogP contribution < -0.4 is 10.9 Å². The van der Waals surface area contributed by atoms with E-state index in [-0.39, 0.29) is 17.9 Å². The first kappa shape index (κ1) is 13.6. The minimum absolute atomic E-state index is 0.137. The lowest BCUT2D eigenvalue weighted by atomic mass is 10.2. The number of anilines is 1. The highest BCUT2D eigenvalue weighted by molar-refractivity contribution is 6.30. The van der Waals surface area contributed by atoms with Gasteiger partial charge in [-0.15, -0.1) is 0 Å². The zero-order chi connectivity index (χ0) is 14.0. The Balaban J connectivity index is 2.22. The number of pyridine rings is 1. The van der Waals surface area contributed by atoms with Crippen LogP contribution in [0, 0.1) is 12.7 Å². The summed E-state index contributed by atoms with van der Waals surface area (Å²) in [6.45, 7) is 2.06. The minimum atomic E-state index is -0.346. The summed E-state index contributed by atoms with van der Waals surface area (Å²) >= 11 is 5.82. The van der Waals surface area contributed by atoms with Crippen molar-refractivity contribution in [2.24, 2.45) is 7.05 Å². The largest absolute Gasteiger partial charge is 0.376 e. The third-order valence-corrected chi connectivity index (χ3v) is 3.27. The molecule has 0 saturated heterocycles. The molecule has 1 aromatic heterocycles. The van der Waals surface area contributed by atoms with E-state index in [0.29, 0.717) is 16.3 Å². The van der Waals surface area contributed by atoms with E-state index in [4.69, 9.17) is 11.6 Å². The Morgan fingerprint density at radius 3 is 2.79 bits per heavy atom. The van der Waals surface area contributed by atoms with Gasteiger partial charge in [0, 0.05) is 29.9 Å². The van der Waals surface area contributed by atoms with E-state index < -0.39 is 0 Å². The van der Waals surface area contributed by atoms with Gasteiger partial charge >= 0.3 is 0 Å². The van der Waals surface area contributed by atoms with Crippen LogP contribution in [-0.2, 0) is 13.6 Å². The SMILES string of the molecule is Cc1ccc(NCc2cc(Cl)ccc2F)c(=O)n1C. The third kappa shape index (κ3) is 2.96. The number of nitrogens with one attached hydrogen (secondary N) is 1. The molecule has 1 aromatic carbocycles. The van der Waals surface area contributed by atoms with Crippen LogP contribution in [0.2, 0.25) is 5.02 Å². The Hall–Kier alpha value is -1.81. The molecule has 0 bridgehead atoms. The zero-order valence-electron chi connectivity index (χ0n) is 10.7. The van der Waals surface area contributed by atoms with Crippen LogP contribution in [0.15, 0.2) is 35.1 Å². The summed E-state index contributed by atoms with van der Waals surface area (Å²) < 4.78 is 15.1. The molecule has 0 atom stereocenters. The van der Waals surface area contributed by atoms with Crippen LogP contribution in [0.5, 0.6) is 0 Å². The molecular formula is C14H14ClFN2O. The molecule has 0 unspecified atom stereocenters. The van der Waals surface area contributed by atoms with Crippen molar-refractivity contribution in [1.29, 1.82) is 0 Å². The number of rotatable bonds is 3. The van der Waals surface area contributed by atoms with E-state index in [1.807, 2.05) is 13.0 Å². The van der Waals surface area contributed by atoms with E-state index in [1.165, 1.54) is 16.7 Å². The molecule has 2 rings (SSSR count). The van der Waals surface area contributed by atoms with Gasteiger partial charge in [-0.1, -0.05) is 11.6 Å². The van der Waals surface area contributed by atoms with Gasteiger partial charge in [0.05, 0.1) is 0 Å². The lowest BCUT2D eigenvalue weighted by Gasteiger charge is -2.10. The van der Waals surface area contributed by atoms with Gasteiger partial charge in [-0.25, -0.2) is 4.39 Å². The van der Waals surface area contributed by atoms with Gasteiger partial charge in [-0.05, 0) is 37.3 Å². The zero-order valence-corrected chi connectivity index (χ0v) is 11.5.